The van der Waals surface area contributed by atoms with Crippen LogP contribution in [0.5, 0.6) is 0 Å². The van der Waals surface area contributed by atoms with Crippen molar-refractivity contribution in [3.05, 3.63) is 11.6 Å². The lowest BCUT2D eigenvalue weighted by Crippen LogP contribution is -2.45. The van der Waals surface area contributed by atoms with E-state index in [4.69, 9.17) is 14.2 Å². The third kappa shape index (κ3) is 2.88. The lowest BCUT2D eigenvalue weighted by molar-refractivity contribution is 0.00277. The van der Waals surface area contributed by atoms with Gasteiger partial charge >= 0.3 is 6.09 Å². The largest absolute Gasteiger partial charge is 0.446 e. The van der Waals surface area contributed by atoms with Gasteiger partial charge in [0, 0.05) is 13.0 Å². The molecule has 0 aromatic rings. The molecule has 22 heavy (non-hydrogen) atoms. The van der Waals surface area contributed by atoms with Crippen molar-refractivity contribution in [3.63, 3.8) is 0 Å². The Morgan fingerprint density at radius 2 is 2.18 bits per heavy atom. The number of alkyl carbamates (subject to hydrolysis) is 1. The number of amides is 1. The van der Waals surface area contributed by atoms with Gasteiger partial charge in [0.1, 0.15) is 6.10 Å². The lowest BCUT2D eigenvalue weighted by atomic mass is 9.70. The van der Waals surface area contributed by atoms with Gasteiger partial charge in [-0.05, 0) is 46.5 Å². The van der Waals surface area contributed by atoms with Crippen LogP contribution in [0.3, 0.4) is 0 Å². The number of rotatable bonds is 4. The smallest absolute Gasteiger partial charge is 0.407 e. The summed E-state index contributed by atoms with van der Waals surface area (Å²) in [6.45, 7) is 7.23. The minimum Gasteiger partial charge on any atom is -0.446 e. The van der Waals surface area contributed by atoms with Crippen LogP contribution in [0.4, 0.5) is 4.79 Å². The maximum Gasteiger partial charge on any atom is 0.407 e. The Kier molecular flexibility index (Phi) is 3.98. The SMILES string of the molecule is CNC(=O)O[C@@H]1CC[C@]2(CO2)[C@@H](C2(C)OC2CC=C(C)C)C1. The van der Waals surface area contributed by atoms with E-state index in [1.165, 1.54) is 5.57 Å². The second-order valence-electron chi connectivity index (χ2n) is 7.27. The van der Waals surface area contributed by atoms with E-state index in [9.17, 15) is 4.79 Å². The molecule has 3 aliphatic rings. The average molecular weight is 309 g/mol. The van der Waals surface area contributed by atoms with Crippen molar-refractivity contribution in [1.29, 1.82) is 0 Å². The van der Waals surface area contributed by atoms with E-state index in [1.807, 2.05) is 0 Å². The van der Waals surface area contributed by atoms with Gasteiger partial charge in [0.15, 0.2) is 0 Å². The molecular formula is C17H27NO4. The van der Waals surface area contributed by atoms with Crippen LogP contribution < -0.4 is 5.32 Å². The Bertz CT molecular complexity index is 481. The summed E-state index contributed by atoms with van der Waals surface area (Å²) in [5.74, 6) is 0.305. The lowest BCUT2D eigenvalue weighted by Gasteiger charge is -2.36. The van der Waals surface area contributed by atoms with Crippen molar-refractivity contribution in [3.8, 4) is 0 Å². The van der Waals surface area contributed by atoms with Gasteiger partial charge in [-0.1, -0.05) is 11.6 Å². The molecule has 2 heterocycles. The molecule has 3 rings (SSSR count). The molecule has 0 aromatic heterocycles. The van der Waals surface area contributed by atoms with Crippen molar-refractivity contribution < 1.29 is 19.0 Å². The highest BCUT2D eigenvalue weighted by Gasteiger charge is 2.68. The van der Waals surface area contributed by atoms with Gasteiger partial charge in [0.05, 0.1) is 23.9 Å². The highest BCUT2D eigenvalue weighted by Crippen LogP contribution is 2.59. The van der Waals surface area contributed by atoms with Gasteiger partial charge in [0.25, 0.3) is 0 Å². The summed E-state index contributed by atoms with van der Waals surface area (Å²) < 4.78 is 17.4. The number of carbonyl (C=O) groups excluding carboxylic acids is 1. The van der Waals surface area contributed by atoms with Crippen molar-refractivity contribution in [2.75, 3.05) is 13.7 Å². The Hall–Kier alpha value is -1.07. The first-order valence-electron chi connectivity index (χ1n) is 8.23. The molecule has 124 valence electrons. The summed E-state index contributed by atoms with van der Waals surface area (Å²) in [6.07, 6.45) is 5.71. The van der Waals surface area contributed by atoms with E-state index in [2.05, 4.69) is 32.2 Å². The molecule has 1 saturated carbocycles. The fourth-order valence-electron chi connectivity index (χ4n) is 3.89. The molecule has 5 heteroatoms. The summed E-state index contributed by atoms with van der Waals surface area (Å²) in [7, 11) is 1.59. The predicted molar refractivity (Wildman–Crippen MR) is 82.7 cm³/mol. The zero-order chi connectivity index (χ0) is 16.0. The number of allylic oxidation sites excluding steroid dienone is 1. The van der Waals surface area contributed by atoms with Gasteiger partial charge in [-0.15, -0.1) is 0 Å². The summed E-state index contributed by atoms with van der Waals surface area (Å²) in [6, 6.07) is 0. The van der Waals surface area contributed by atoms with Crippen LogP contribution in [0.25, 0.3) is 0 Å². The van der Waals surface area contributed by atoms with Gasteiger partial charge in [-0.25, -0.2) is 4.79 Å². The van der Waals surface area contributed by atoms with Gasteiger partial charge in [0.2, 0.25) is 0 Å². The number of hydrogen-bond donors (Lipinski definition) is 1. The fourth-order valence-corrected chi connectivity index (χ4v) is 3.89. The van der Waals surface area contributed by atoms with Crippen LogP contribution in [0.1, 0.15) is 46.5 Å². The van der Waals surface area contributed by atoms with Crippen molar-refractivity contribution in [2.45, 2.75) is 69.9 Å². The fraction of sp³-hybridized carbons (Fsp3) is 0.824. The molecule has 0 bridgehead atoms. The first-order chi connectivity index (χ1) is 10.4. The van der Waals surface area contributed by atoms with E-state index in [0.717, 1.165) is 32.3 Å². The molecule has 2 saturated heterocycles. The molecule has 1 spiro atoms. The second kappa shape index (κ2) is 5.53. The highest BCUT2D eigenvalue weighted by atomic mass is 16.6. The zero-order valence-corrected chi connectivity index (χ0v) is 14.0. The number of epoxide rings is 2. The van der Waals surface area contributed by atoms with Crippen LogP contribution in [-0.4, -0.2) is 43.2 Å². The summed E-state index contributed by atoms with van der Waals surface area (Å²) in [5, 5.41) is 2.53. The molecule has 5 nitrogen and oxygen atoms in total. The number of ether oxygens (including phenoxy) is 3. The molecule has 5 atom stereocenters. The number of nitrogens with one attached hydrogen (secondary N) is 1. The monoisotopic (exact) mass is 309 g/mol. The number of carbonyl (C=O) groups is 1. The molecule has 2 aliphatic heterocycles. The maximum absolute atomic E-state index is 11.5. The van der Waals surface area contributed by atoms with Crippen LogP contribution >= 0.6 is 0 Å². The Morgan fingerprint density at radius 1 is 1.45 bits per heavy atom. The quantitative estimate of drug-likeness (QED) is 0.640. The maximum atomic E-state index is 11.5. The Labute approximate surface area is 132 Å². The zero-order valence-electron chi connectivity index (χ0n) is 14.0. The third-order valence-corrected chi connectivity index (χ3v) is 5.43. The van der Waals surface area contributed by atoms with Crippen molar-refractivity contribution in [1.82, 2.24) is 5.32 Å². The first kappa shape index (κ1) is 15.8. The topological polar surface area (TPSA) is 63.4 Å². The van der Waals surface area contributed by atoms with Crippen molar-refractivity contribution >= 4 is 6.09 Å². The predicted octanol–water partition coefficient (Wildman–Crippen LogP) is 2.79. The van der Waals surface area contributed by atoms with Crippen LogP contribution in [0.15, 0.2) is 11.6 Å². The van der Waals surface area contributed by atoms with Gasteiger partial charge in [-0.3, -0.25) is 0 Å². The van der Waals surface area contributed by atoms with Crippen LogP contribution in [0, 0.1) is 5.92 Å². The second-order valence-corrected chi connectivity index (χ2v) is 7.27. The molecule has 3 fully saturated rings. The highest BCUT2D eigenvalue weighted by molar-refractivity contribution is 5.66. The van der Waals surface area contributed by atoms with E-state index >= 15 is 0 Å². The number of hydrogen-bond acceptors (Lipinski definition) is 4. The van der Waals surface area contributed by atoms with Crippen molar-refractivity contribution in [2.24, 2.45) is 5.92 Å². The van der Waals surface area contributed by atoms with Gasteiger partial charge < -0.3 is 19.5 Å². The Balaban J connectivity index is 1.65. The summed E-state index contributed by atoms with van der Waals surface area (Å²) in [4.78, 5) is 11.5. The molecule has 0 aromatic carbocycles. The summed E-state index contributed by atoms with van der Waals surface area (Å²) >= 11 is 0. The van der Waals surface area contributed by atoms with Gasteiger partial charge in [-0.2, -0.15) is 0 Å². The molecule has 1 aliphatic carbocycles. The molecule has 0 radical (unpaired) electrons. The molecule has 1 amide bonds. The molecule has 2 unspecified atom stereocenters. The average Bonchev–Trinajstić information content (AvgIpc) is 3.38. The van der Waals surface area contributed by atoms with E-state index in [1.54, 1.807) is 7.05 Å². The van der Waals surface area contributed by atoms with Crippen LogP contribution in [0.2, 0.25) is 0 Å². The van der Waals surface area contributed by atoms with E-state index < -0.39 is 0 Å². The first-order valence-corrected chi connectivity index (χ1v) is 8.23. The van der Waals surface area contributed by atoms with E-state index in [-0.39, 0.29) is 29.5 Å². The molecule has 1 N–H and O–H groups in total. The minimum absolute atomic E-state index is 0.0307. The molecular weight excluding hydrogens is 282 g/mol. The standard InChI is InChI=1S/C17H27NO4/c1-11(2)5-6-14-16(3,22-14)13-9-12(21-15(19)18-4)7-8-17(13)10-20-17/h5,12-14H,6-10H2,1-4H3,(H,18,19)/t12-,13-,14?,16?,17+/m1/s1. The minimum atomic E-state index is -0.348. The van der Waals surface area contributed by atoms with Crippen LogP contribution in [-0.2, 0) is 14.2 Å². The van der Waals surface area contributed by atoms with E-state index in [0.29, 0.717) is 5.92 Å². The Morgan fingerprint density at radius 3 is 2.77 bits per heavy atom. The summed E-state index contributed by atoms with van der Waals surface area (Å²) in [5.41, 5.74) is 1.14. The normalized spacial score (nSPS) is 42.6. The third-order valence-electron chi connectivity index (χ3n) is 5.43.